The van der Waals surface area contributed by atoms with E-state index in [0.29, 0.717) is 6.54 Å². The molecule has 1 heterocycles. The lowest BCUT2D eigenvalue weighted by Gasteiger charge is -2.04. The third-order valence-electron chi connectivity index (χ3n) is 3.03. The van der Waals surface area contributed by atoms with Crippen molar-refractivity contribution in [2.24, 2.45) is 5.73 Å². The van der Waals surface area contributed by atoms with Crippen LogP contribution >= 0.6 is 0 Å². The summed E-state index contributed by atoms with van der Waals surface area (Å²) >= 11 is 0. The summed E-state index contributed by atoms with van der Waals surface area (Å²) in [6.45, 7) is 4.86. The number of nitrogens with one attached hydrogen (secondary N) is 1. The first-order chi connectivity index (χ1) is 7.67. The van der Waals surface area contributed by atoms with Gasteiger partial charge in [-0.05, 0) is 50.1 Å². The Balaban J connectivity index is 2.70. The van der Waals surface area contributed by atoms with Gasteiger partial charge in [0.15, 0.2) is 0 Å². The first kappa shape index (κ1) is 11.0. The van der Waals surface area contributed by atoms with Gasteiger partial charge in [-0.1, -0.05) is 0 Å². The van der Waals surface area contributed by atoms with Crippen LogP contribution in [0, 0.1) is 13.8 Å². The first-order valence-corrected chi connectivity index (χ1v) is 5.53. The van der Waals surface area contributed by atoms with Gasteiger partial charge < -0.3 is 15.5 Å². The second-order valence-corrected chi connectivity index (χ2v) is 4.13. The molecule has 3 heteroatoms. The van der Waals surface area contributed by atoms with E-state index in [1.165, 1.54) is 27.7 Å². The van der Waals surface area contributed by atoms with Crippen molar-refractivity contribution in [2.75, 3.05) is 13.7 Å². The van der Waals surface area contributed by atoms with Gasteiger partial charge in [0.05, 0.1) is 7.11 Å². The third-order valence-corrected chi connectivity index (χ3v) is 3.03. The zero-order valence-electron chi connectivity index (χ0n) is 10.1. The Bertz CT molecular complexity index is 514. The van der Waals surface area contributed by atoms with E-state index in [0.717, 1.165) is 12.2 Å². The molecule has 0 bridgehead atoms. The van der Waals surface area contributed by atoms with Crippen molar-refractivity contribution in [1.82, 2.24) is 4.98 Å². The number of aromatic nitrogens is 1. The largest absolute Gasteiger partial charge is 0.497 e. The molecule has 2 rings (SSSR count). The summed E-state index contributed by atoms with van der Waals surface area (Å²) < 4.78 is 5.30. The Morgan fingerprint density at radius 3 is 2.69 bits per heavy atom. The van der Waals surface area contributed by atoms with Gasteiger partial charge in [0, 0.05) is 16.6 Å². The summed E-state index contributed by atoms with van der Waals surface area (Å²) in [4.78, 5) is 3.42. The minimum Gasteiger partial charge on any atom is -0.497 e. The number of fused-ring (bicyclic) bond motifs is 1. The minimum absolute atomic E-state index is 0.671. The minimum atomic E-state index is 0.671. The second-order valence-electron chi connectivity index (χ2n) is 4.13. The molecule has 0 unspecified atom stereocenters. The predicted octanol–water partition coefficient (Wildman–Crippen LogP) is 2.29. The number of ether oxygens (including phenoxy) is 1. The zero-order chi connectivity index (χ0) is 11.7. The number of methoxy groups -OCH3 is 1. The van der Waals surface area contributed by atoms with Crippen LogP contribution in [-0.4, -0.2) is 18.6 Å². The molecule has 1 aromatic carbocycles. The fraction of sp³-hybridized carbons (Fsp3) is 0.385. The Morgan fingerprint density at radius 1 is 1.31 bits per heavy atom. The Morgan fingerprint density at radius 2 is 2.06 bits per heavy atom. The quantitative estimate of drug-likeness (QED) is 0.830. The standard InChI is InChI=1S/C13H18N2O/c1-8-6-10(16-3)7-12-11(4-5-14)9(2)15-13(8)12/h6-7,15H,4-5,14H2,1-3H3. The van der Waals surface area contributed by atoms with Crippen LogP contribution in [0.15, 0.2) is 12.1 Å². The third kappa shape index (κ3) is 1.67. The molecule has 3 nitrogen and oxygen atoms in total. The summed E-state index contributed by atoms with van der Waals surface area (Å²) in [6, 6.07) is 4.13. The molecule has 16 heavy (non-hydrogen) atoms. The van der Waals surface area contributed by atoms with Crippen LogP contribution in [0.5, 0.6) is 5.75 Å². The van der Waals surface area contributed by atoms with Gasteiger partial charge in [-0.15, -0.1) is 0 Å². The molecule has 1 aromatic heterocycles. The molecule has 0 spiro atoms. The molecular formula is C13H18N2O. The lowest BCUT2D eigenvalue weighted by molar-refractivity contribution is 0.415. The van der Waals surface area contributed by atoms with Crippen molar-refractivity contribution in [3.63, 3.8) is 0 Å². The monoisotopic (exact) mass is 218 g/mol. The Labute approximate surface area is 95.6 Å². The summed E-state index contributed by atoms with van der Waals surface area (Å²) in [5, 5.41) is 1.24. The normalized spacial score (nSPS) is 11.0. The molecular weight excluding hydrogens is 200 g/mol. The smallest absolute Gasteiger partial charge is 0.119 e. The molecule has 86 valence electrons. The van der Waals surface area contributed by atoms with Crippen molar-refractivity contribution >= 4 is 10.9 Å². The maximum Gasteiger partial charge on any atom is 0.119 e. The van der Waals surface area contributed by atoms with Crippen molar-refractivity contribution in [1.29, 1.82) is 0 Å². The van der Waals surface area contributed by atoms with Gasteiger partial charge >= 0.3 is 0 Å². The molecule has 0 radical (unpaired) electrons. The van der Waals surface area contributed by atoms with Crippen LogP contribution in [0.1, 0.15) is 16.8 Å². The average molecular weight is 218 g/mol. The molecule has 2 aromatic rings. The number of benzene rings is 1. The van der Waals surface area contributed by atoms with Crippen molar-refractivity contribution in [3.05, 3.63) is 29.0 Å². The summed E-state index contributed by atoms with van der Waals surface area (Å²) in [5.74, 6) is 0.905. The maximum atomic E-state index is 5.64. The lowest BCUT2D eigenvalue weighted by atomic mass is 10.1. The van der Waals surface area contributed by atoms with Gasteiger partial charge in [0.2, 0.25) is 0 Å². The molecule has 0 saturated heterocycles. The number of H-pyrrole nitrogens is 1. The van der Waals surface area contributed by atoms with Gasteiger partial charge in [-0.2, -0.15) is 0 Å². The lowest BCUT2D eigenvalue weighted by Crippen LogP contribution is -2.03. The van der Waals surface area contributed by atoms with E-state index in [1.807, 2.05) is 6.07 Å². The molecule has 0 amide bonds. The molecule has 3 N–H and O–H groups in total. The van der Waals surface area contributed by atoms with Gasteiger partial charge in [-0.25, -0.2) is 0 Å². The predicted molar refractivity (Wildman–Crippen MR) is 67.1 cm³/mol. The second kappa shape index (κ2) is 4.18. The van der Waals surface area contributed by atoms with Crippen molar-refractivity contribution in [2.45, 2.75) is 20.3 Å². The number of rotatable bonds is 3. The SMILES string of the molecule is COc1cc(C)c2[nH]c(C)c(CCN)c2c1. The highest BCUT2D eigenvalue weighted by Crippen LogP contribution is 2.29. The van der Waals surface area contributed by atoms with Crippen LogP contribution < -0.4 is 10.5 Å². The molecule has 0 fully saturated rings. The average Bonchev–Trinajstić information content (AvgIpc) is 2.58. The van der Waals surface area contributed by atoms with Crippen molar-refractivity contribution in [3.8, 4) is 5.75 Å². The van der Waals surface area contributed by atoms with E-state index in [-0.39, 0.29) is 0 Å². The highest BCUT2D eigenvalue weighted by molar-refractivity contribution is 5.88. The number of hydrogen-bond acceptors (Lipinski definition) is 2. The highest BCUT2D eigenvalue weighted by Gasteiger charge is 2.10. The van der Waals surface area contributed by atoms with E-state index < -0.39 is 0 Å². The van der Waals surface area contributed by atoms with E-state index >= 15 is 0 Å². The van der Waals surface area contributed by atoms with E-state index in [2.05, 4.69) is 24.9 Å². The number of aryl methyl sites for hydroxylation is 2. The van der Waals surface area contributed by atoms with Gasteiger partial charge in [0.1, 0.15) is 5.75 Å². The number of nitrogens with two attached hydrogens (primary N) is 1. The fourth-order valence-corrected chi connectivity index (χ4v) is 2.21. The molecule has 0 aliphatic rings. The first-order valence-electron chi connectivity index (χ1n) is 5.53. The zero-order valence-corrected chi connectivity index (χ0v) is 10.1. The molecule has 0 aliphatic carbocycles. The summed E-state index contributed by atoms with van der Waals surface area (Å²) in [5.41, 5.74) is 10.6. The molecule has 0 aliphatic heterocycles. The number of hydrogen-bond donors (Lipinski definition) is 2. The summed E-state index contributed by atoms with van der Waals surface area (Å²) in [7, 11) is 1.70. The van der Waals surface area contributed by atoms with Crippen LogP contribution in [-0.2, 0) is 6.42 Å². The molecule has 0 saturated carbocycles. The van der Waals surface area contributed by atoms with E-state index in [1.54, 1.807) is 7.11 Å². The topological polar surface area (TPSA) is 51.0 Å². The van der Waals surface area contributed by atoms with E-state index in [9.17, 15) is 0 Å². The fourth-order valence-electron chi connectivity index (χ4n) is 2.21. The van der Waals surface area contributed by atoms with Crippen LogP contribution in [0.3, 0.4) is 0 Å². The maximum absolute atomic E-state index is 5.64. The molecule has 0 atom stereocenters. The highest BCUT2D eigenvalue weighted by atomic mass is 16.5. The van der Waals surface area contributed by atoms with E-state index in [4.69, 9.17) is 10.5 Å². The Hall–Kier alpha value is -1.48. The Kier molecular flexibility index (Phi) is 2.88. The van der Waals surface area contributed by atoms with Crippen LogP contribution in [0.4, 0.5) is 0 Å². The summed E-state index contributed by atoms with van der Waals surface area (Å²) in [6.07, 6.45) is 0.901. The van der Waals surface area contributed by atoms with Crippen LogP contribution in [0.2, 0.25) is 0 Å². The van der Waals surface area contributed by atoms with Gasteiger partial charge in [-0.3, -0.25) is 0 Å². The van der Waals surface area contributed by atoms with Crippen LogP contribution in [0.25, 0.3) is 10.9 Å². The van der Waals surface area contributed by atoms with Gasteiger partial charge in [0.25, 0.3) is 0 Å². The number of aromatic amines is 1. The van der Waals surface area contributed by atoms with Crippen molar-refractivity contribution < 1.29 is 4.74 Å².